The van der Waals surface area contributed by atoms with Crippen LogP contribution in [0.3, 0.4) is 0 Å². The van der Waals surface area contributed by atoms with Crippen LogP contribution in [0.4, 0.5) is 5.95 Å². The predicted octanol–water partition coefficient (Wildman–Crippen LogP) is 3.83. The van der Waals surface area contributed by atoms with Crippen LogP contribution in [0.1, 0.15) is 48.5 Å². The van der Waals surface area contributed by atoms with Gasteiger partial charge in [-0.1, -0.05) is 36.7 Å². The molecule has 1 fully saturated rings. The van der Waals surface area contributed by atoms with Gasteiger partial charge in [-0.3, -0.25) is 4.79 Å². The molecule has 0 saturated carbocycles. The van der Waals surface area contributed by atoms with Gasteiger partial charge in [-0.2, -0.15) is 0 Å². The minimum Gasteiger partial charge on any atom is -0.348 e. The summed E-state index contributed by atoms with van der Waals surface area (Å²) in [6.45, 7) is 3.56. The molecule has 0 spiro atoms. The molecule has 6 heteroatoms. The van der Waals surface area contributed by atoms with Crippen LogP contribution in [-0.4, -0.2) is 28.5 Å². The van der Waals surface area contributed by atoms with Gasteiger partial charge in [0.05, 0.1) is 5.56 Å². The van der Waals surface area contributed by atoms with E-state index in [1.54, 1.807) is 12.4 Å². The van der Waals surface area contributed by atoms with Gasteiger partial charge in [0, 0.05) is 36.5 Å². The van der Waals surface area contributed by atoms with E-state index in [2.05, 4.69) is 27.1 Å². The Bertz CT molecular complexity index is 720. The molecule has 1 aromatic carbocycles. The van der Waals surface area contributed by atoms with Gasteiger partial charge in [0.1, 0.15) is 0 Å². The Morgan fingerprint density at radius 1 is 1.28 bits per heavy atom. The number of anilines is 1. The average molecular weight is 359 g/mol. The monoisotopic (exact) mass is 358 g/mol. The summed E-state index contributed by atoms with van der Waals surface area (Å²) in [7, 11) is 0. The van der Waals surface area contributed by atoms with Crippen LogP contribution in [0, 0.1) is 0 Å². The highest BCUT2D eigenvalue weighted by atomic mass is 35.5. The van der Waals surface area contributed by atoms with Crippen molar-refractivity contribution in [1.29, 1.82) is 0 Å². The fourth-order valence-corrected chi connectivity index (χ4v) is 3.40. The van der Waals surface area contributed by atoms with E-state index in [9.17, 15) is 4.79 Å². The van der Waals surface area contributed by atoms with Gasteiger partial charge in [0.25, 0.3) is 5.91 Å². The summed E-state index contributed by atoms with van der Waals surface area (Å²) >= 11 is 6.11. The molecule has 0 bridgehead atoms. The fourth-order valence-electron chi connectivity index (χ4n) is 3.19. The van der Waals surface area contributed by atoms with E-state index in [0.29, 0.717) is 29.1 Å². The van der Waals surface area contributed by atoms with Crippen LogP contribution in [0.25, 0.3) is 0 Å². The molecule has 132 valence electrons. The summed E-state index contributed by atoms with van der Waals surface area (Å²) in [4.78, 5) is 23.4. The first-order valence-corrected chi connectivity index (χ1v) is 9.17. The molecule has 1 N–H and O–H groups in total. The van der Waals surface area contributed by atoms with Crippen LogP contribution in [0.5, 0.6) is 0 Å². The van der Waals surface area contributed by atoms with E-state index in [1.165, 1.54) is 19.3 Å². The van der Waals surface area contributed by atoms with Crippen molar-refractivity contribution in [1.82, 2.24) is 15.3 Å². The topological polar surface area (TPSA) is 58.1 Å². The fraction of sp³-hybridized carbons (Fsp3) is 0.421. The van der Waals surface area contributed by atoms with Crippen molar-refractivity contribution < 1.29 is 4.79 Å². The number of hydrogen-bond donors (Lipinski definition) is 1. The van der Waals surface area contributed by atoms with E-state index >= 15 is 0 Å². The number of aromatic nitrogens is 2. The largest absolute Gasteiger partial charge is 0.348 e. The highest BCUT2D eigenvalue weighted by molar-refractivity contribution is 6.31. The molecule has 25 heavy (non-hydrogen) atoms. The highest BCUT2D eigenvalue weighted by Gasteiger charge is 2.23. The van der Waals surface area contributed by atoms with Crippen molar-refractivity contribution in [2.24, 2.45) is 0 Å². The third-order valence-electron chi connectivity index (χ3n) is 4.65. The number of amides is 1. The highest BCUT2D eigenvalue weighted by Crippen LogP contribution is 2.23. The zero-order valence-corrected chi connectivity index (χ0v) is 15.2. The molecule has 2 heterocycles. The zero-order valence-electron chi connectivity index (χ0n) is 14.4. The molecular formula is C19H23ClN4O. The molecule has 1 unspecified atom stereocenters. The lowest BCUT2D eigenvalue weighted by Crippen LogP contribution is -2.40. The SMILES string of the molecule is CCC1CCCCN1c1ncc(C(=O)NCc2ccccc2Cl)cn1. The standard InChI is InChI=1S/C19H23ClN4O/c1-2-16-8-5-6-10-24(16)19-22-12-15(13-23-19)18(25)21-11-14-7-3-4-9-17(14)20/h3-4,7,9,12-13,16H,2,5-6,8,10-11H2,1H3,(H,21,25). The summed E-state index contributed by atoms with van der Waals surface area (Å²) in [6, 6.07) is 7.96. The molecule has 1 aliphatic heterocycles. The van der Waals surface area contributed by atoms with Crippen molar-refractivity contribution in [3.8, 4) is 0 Å². The molecule has 0 aliphatic carbocycles. The minimum absolute atomic E-state index is 0.197. The lowest BCUT2D eigenvalue weighted by atomic mass is 10.0. The van der Waals surface area contributed by atoms with E-state index in [-0.39, 0.29) is 5.91 Å². The van der Waals surface area contributed by atoms with Gasteiger partial charge >= 0.3 is 0 Å². The van der Waals surface area contributed by atoms with Crippen molar-refractivity contribution in [3.63, 3.8) is 0 Å². The van der Waals surface area contributed by atoms with Crippen LogP contribution < -0.4 is 10.2 Å². The summed E-state index contributed by atoms with van der Waals surface area (Å²) in [6.07, 6.45) is 7.90. The first-order valence-electron chi connectivity index (χ1n) is 8.79. The van der Waals surface area contributed by atoms with Crippen molar-refractivity contribution in [3.05, 3.63) is 52.8 Å². The maximum atomic E-state index is 12.3. The third kappa shape index (κ3) is 4.28. The molecule has 1 atom stereocenters. The van der Waals surface area contributed by atoms with Crippen molar-refractivity contribution in [2.45, 2.75) is 45.2 Å². The van der Waals surface area contributed by atoms with Crippen LogP contribution in [0.15, 0.2) is 36.7 Å². The van der Waals surface area contributed by atoms with Crippen LogP contribution >= 0.6 is 11.6 Å². The minimum atomic E-state index is -0.197. The van der Waals surface area contributed by atoms with Crippen molar-refractivity contribution >= 4 is 23.5 Å². The van der Waals surface area contributed by atoms with Gasteiger partial charge in [-0.15, -0.1) is 0 Å². The summed E-state index contributed by atoms with van der Waals surface area (Å²) in [5.41, 5.74) is 1.34. The van der Waals surface area contributed by atoms with E-state index in [1.807, 2.05) is 24.3 Å². The first-order chi connectivity index (χ1) is 12.2. The second-order valence-electron chi connectivity index (χ2n) is 6.30. The number of nitrogens with zero attached hydrogens (tertiary/aromatic N) is 3. The number of carbonyl (C=O) groups excluding carboxylic acids is 1. The maximum Gasteiger partial charge on any atom is 0.254 e. The Labute approximate surface area is 153 Å². The normalized spacial score (nSPS) is 17.4. The summed E-state index contributed by atoms with van der Waals surface area (Å²) < 4.78 is 0. The lowest BCUT2D eigenvalue weighted by Gasteiger charge is -2.35. The summed E-state index contributed by atoms with van der Waals surface area (Å²) in [5, 5.41) is 3.50. The first kappa shape index (κ1) is 17.7. The molecule has 1 saturated heterocycles. The van der Waals surface area contributed by atoms with Gasteiger partial charge in [-0.25, -0.2) is 9.97 Å². The summed E-state index contributed by atoms with van der Waals surface area (Å²) in [5.74, 6) is 0.520. The number of piperidine rings is 1. The van der Waals surface area contributed by atoms with Gasteiger partial charge in [-0.05, 0) is 37.3 Å². The number of benzene rings is 1. The number of halogens is 1. The van der Waals surface area contributed by atoms with E-state index in [4.69, 9.17) is 11.6 Å². The molecule has 5 nitrogen and oxygen atoms in total. The van der Waals surface area contributed by atoms with E-state index in [0.717, 1.165) is 18.5 Å². The van der Waals surface area contributed by atoms with Crippen LogP contribution in [-0.2, 0) is 6.54 Å². The zero-order chi connectivity index (χ0) is 17.6. The number of rotatable bonds is 5. The van der Waals surface area contributed by atoms with Crippen LogP contribution in [0.2, 0.25) is 5.02 Å². The maximum absolute atomic E-state index is 12.3. The number of nitrogens with one attached hydrogen (secondary N) is 1. The van der Waals surface area contributed by atoms with Gasteiger partial charge in [0.15, 0.2) is 0 Å². The number of carbonyl (C=O) groups is 1. The molecule has 1 amide bonds. The van der Waals surface area contributed by atoms with Gasteiger partial charge < -0.3 is 10.2 Å². The second-order valence-corrected chi connectivity index (χ2v) is 6.70. The Kier molecular flexibility index (Phi) is 5.87. The quantitative estimate of drug-likeness (QED) is 0.882. The Morgan fingerprint density at radius 3 is 2.76 bits per heavy atom. The Morgan fingerprint density at radius 2 is 2.04 bits per heavy atom. The van der Waals surface area contributed by atoms with Crippen molar-refractivity contribution in [2.75, 3.05) is 11.4 Å². The molecule has 2 aromatic rings. The molecule has 0 radical (unpaired) electrons. The predicted molar refractivity (Wildman–Crippen MR) is 99.9 cm³/mol. The Balaban J connectivity index is 1.63. The third-order valence-corrected chi connectivity index (χ3v) is 5.02. The second kappa shape index (κ2) is 8.30. The number of hydrogen-bond acceptors (Lipinski definition) is 4. The molecule has 3 rings (SSSR count). The molecular weight excluding hydrogens is 336 g/mol. The van der Waals surface area contributed by atoms with Gasteiger partial charge in [0.2, 0.25) is 5.95 Å². The molecule has 1 aromatic heterocycles. The Hall–Kier alpha value is -2.14. The molecule has 1 aliphatic rings. The average Bonchev–Trinajstić information content (AvgIpc) is 2.67. The lowest BCUT2D eigenvalue weighted by molar-refractivity contribution is 0.0950. The van der Waals surface area contributed by atoms with E-state index < -0.39 is 0 Å². The smallest absolute Gasteiger partial charge is 0.254 e.